The SMILES string of the molecule is COc1cc(N2CCN(C)CC2)c([N+](=O)[O-])cc1Nc1ncc(OC)c(Nc2cc(OC(N)=O)ccc2OC)n1. The van der Waals surface area contributed by atoms with Crippen LogP contribution in [0, 0.1) is 10.1 Å². The molecule has 2 heterocycles. The topological polar surface area (TPSA) is 179 Å². The third-order valence-corrected chi connectivity index (χ3v) is 6.20. The summed E-state index contributed by atoms with van der Waals surface area (Å²) >= 11 is 0. The average molecular weight is 555 g/mol. The van der Waals surface area contributed by atoms with E-state index in [1.807, 2.05) is 11.9 Å². The number of nitro groups is 1. The quantitative estimate of drug-likeness (QED) is 0.246. The summed E-state index contributed by atoms with van der Waals surface area (Å²) in [6.07, 6.45) is 0.455. The van der Waals surface area contributed by atoms with E-state index >= 15 is 0 Å². The summed E-state index contributed by atoms with van der Waals surface area (Å²) in [4.78, 5) is 35.7. The lowest BCUT2D eigenvalue weighted by molar-refractivity contribution is -0.384. The molecule has 0 unspecified atom stereocenters. The summed E-state index contributed by atoms with van der Waals surface area (Å²) in [5.74, 6) is 1.61. The van der Waals surface area contributed by atoms with Crippen LogP contribution in [0.2, 0.25) is 0 Å². The van der Waals surface area contributed by atoms with Gasteiger partial charge in [0.25, 0.3) is 5.69 Å². The van der Waals surface area contributed by atoms with Crippen LogP contribution in [0.15, 0.2) is 36.5 Å². The maximum atomic E-state index is 12.0. The first-order chi connectivity index (χ1) is 19.2. The standard InChI is InChI=1S/C25H30N8O7/c1-31-7-9-32(10-8-31)18-13-21(38-3)17(12-19(18)33(35)36)29-25-27-14-22(39-4)23(30-25)28-16-11-15(40-24(26)34)5-6-20(16)37-2/h5-6,11-14H,7-10H2,1-4H3,(H2,26,34)(H2,27,28,29,30). The van der Waals surface area contributed by atoms with E-state index in [1.165, 1.54) is 45.7 Å². The van der Waals surface area contributed by atoms with Gasteiger partial charge in [0.2, 0.25) is 5.95 Å². The van der Waals surface area contributed by atoms with Crippen molar-refractivity contribution < 1.29 is 28.7 Å². The van der Waals surface area contributed by atoms with Crippen LogP contribution in [0.3, 0.4) is 0 Å². The molecular weight excluding hydrogens is 524 g/mol. The Bertz CT molecular complexity index is 1400. The smallest absolute Gasteiger partial charge is 0.409 e. The Morgan fingerprint density at radius 1 is 0.975 bits per heavy atom. The Kier molecular flexibility index (Phi) is 8.54. The van der Waals surface area contributed by atoms with E-state index in [2.05, 4.69) is 25.5 Å². The van der Waals surface area contributed by atoms with E-state index in [1.54, 1.807) is 12.1 Å². The molecule has 3 aromatic rings. The van der Waals surface area contributed by atoms with E-state index in [9.17, 15) is 14.9 Å². The predicted octanol–water partition coefficient (Wildman–Crippen LogP) is 3.11. The molecule has 1 aliphatic heterocycles. The number of hydrogen-bond donors (Lipinski definition) is 3. The zero-order chi connectivity index (χ0) is 28.8. The predicted molar refractivity (Wildman–Crippen MR) is 148 cm³/mol. The van der Waals surface area contributed by atoms with E-state index in [0.717, 1.165) is 13.1 Å². The molecule has 0 saturated carbocycles. The van der Waals surface area contributed by atoms with Crippen molar-refractivity contribution in [3.8, 4) is 23.0 Å². The molecule has 4 rings (SSSR count). The molecule has 0 bridgehead atoms. The number of benzene rings is 2. The number of rotatable bonds is 10. The highest BCUT2D eigenvalue weighted by atomic mass is 16.6. The molecule has 1 aliphatic rings. The number of hydrogen-bond acceptors (Lipinski definition) is 13. The first-order valence-corrected chi connectivity index (χ1v) is 12.1. The van der Waals surface area contributed by atoms with Crippen LogP contribution in [-0.4, -0.2) is 80.4 Å². The maximum absolute atomic E-state index is 12.0. The Morgan fingerprint density at radius 2 is 1.65 bits per heavy atom. The molecule has 40 heavy (non-hydrogen) atoms. The Hall–Kier alpha value is -5.05. The van der Waals surface area contributed by atoms with E-state index in [-0.39, 0.29) is 29.0 Å². The Labute approximate surface area is 229 Å². The number of carbonyl (C=O) groups excluding carboxylic acids is 1. The van der Waals surface area contributed by atoms with Gasteiger partial charge in [-0.1, -0.05) is 0 Å². The molecule has 1 fully saturated rings. The van der Waals surface area contributed by atoms with Gasteiger partial charge in [-0.15, -0.1) is 0 Å². The van der Waals surface area contributed by atoms with Crippen molar-refractivity contribution in [2.75, 3.05) is 70.1 Å². The minimum Gasteiger partial charge on any atom is -0.495 e. The molecule has 15 nitrogen and oxygen atoms in total. The van der Waals surface area contributed by atoms with Crippen LogP contribution < -0.4 is 40.2 Å². The highest BCUT2D eigenvalue weighted by Gasteiger charge is 2.26. The van der Waals surface area contributed by atoms with Gasteiger partial charge < -0.3 is 45.1 Å². The second-order valence-corrected chi connectivity index (χ2v) is 8.73. The lowest BCUT2D eigenvalue weighted by atomic mass is 10.1. The van der Waals surface area contributed by atoms with Crippen LogP contribution in [0.4, 0.5) is 39.3 Å². The number of nitrogens with one attached hydrogen (secondary N) is 2. The molecule has 4 N–H and O–H groups in total. The lowest BCUT2D eigenvalue weighted by Gasteiger charge is -2.34. The van der Waals surface area contributed by atoms with Crippen molar-refractivity contribution in [3.05, 3.63) is 46.6 Å². The van der Waals surface area contributed by atoms with Gasteiger partial charge in [0.1, 0.15) is 22.9 Å². The Morgan fingerprint density at radius 3 is 2.27 bits per heavy atom. The molecular formula is C25H30N8O7. The first-order valence-electron chi connectivity index (χ1n) is 12.1. The summed E-state index contributed by atoms with van der Waals surface area (Å²) in [7, 11) is 6.42. The average Bonchev–Trinajstić information content (AvgIpc) is 2.93. The number of amides is 1. The summed E-state index contributed by atoms with van der Waals surface area (Å²) in [6.45, 7) is 2.88. The number of methoxy groups -OCH3 is 3. The van der Waals surface area contributed by atoms with Gasteiger partial charge in [-0.05, 0) is 19.2 Å². The fourth-order valence-electron chi connectivity index (χ4n) is 4.15. The highest BCUT2D eigenvalue weighted by molar-refractivity contribution is 5.78. The molecule has 15 heteroatoms. The molecule has 1 amide bonds. The first kappa shape index (κ1) is 28.0. The van der Waals surface area contributed by atoms with Crippen LogP contribution >= 0.6 is 0 Å². The van der Waals surface area contributed by atoms with Gasteiger partial charge >= 0.3 is 6.09 Å². The zero-order valence-corrected chi connectivity index (χ0v) is 22.5. The second-order valence-electron chi connectivity index (χ2n) is 8.73. The summed E-state index contributed by atoms with van der Waals surface area (Å²) in [5, 5.41) is 18.1. The molecule has 2 aromatic carbocycles. The number of piperazine rings is 1. The van der Waals surface area contributed by atoms with Gasteiger partial charge in [-0.2, -0.15) is 4.98 Å². The monoisotopic (exact) mass is 554 g/mol. The van der Waals surface area contributed by atoms with Gasteiger partial charge in [-0.3, -0.25) is 10.1 Å². The largest absolute Gasteiger partial charge is 0.495 e. The van der Waals surface area contributed by atoms with Crippen LogP contribution in [0.25, 0.3) is 0 Å². The van der Waals surface area contributed by atoms with Crippen molar-refractivity contribution in [1.29, 1.82) is 0 Å². The van der Waals surface area contributed by atoms with Crippen molar-refractivity contribution in [1.82, 2.24) is 14.9 Å². The molecule has 0 atom stereocenters. The minimum absolute atomic E-state index is 0.0734. The third-order valence-electron chi connectivity index (χ3n) is 6.20. The molecule has 0 aliphatic carbocycles. The fourth-order valence-corrected chi connectivity index (χ4v) is 4.15. The van der Waals surface area contributed by atoms with Gasteiger partial charge in [0.05, 0.1) is 43.8 Å². The number of nitrogens with zero attached hydrogens (tertiary/aromatic N) is 5. The van der Waals surface area contributed by atoms with Crippen LogP contribution in [0.1, 0.15) is 0 Å². The zero-order valence-electron chi connectivity index (χ0n) is 22.5. The van der Waals surface area contributed by atoms with Gasteiger partial charge in [0, 0.05) is 44.4 Å². The molecule has 1 aromatic heterocycles. The van der Waals surface area contributed by atoms with Gasteiger partial charge in [0.15, 0.2) is 11.6 Å². The molecule has 212 valence electrons. The number of aromatic nitrogens is 2. The lowest BCUT2D eigenvalue weighted by Crippen LogP contribution is -2.44. The molecule has 1 saturated heterocycles. The van der Waals surface area contributed by atoms with Crippen LogP contribution in [0.5, 0.6) is 23.0 Å². The van der Waals surface area contributed by atoms with Crippen LogP contribution in [-0.2, 0) is 0 Å². The third kappa shape index (κ3) is 6.32. The number of nitro benzene ring substituents is 1. The normalized spacial score (nSPS) is 13.3. The number of ether oxygens (including phenoxy) is 4. The van der Waals surface area contributed by atoms with Crippen molar-refractivity contribution in [2.45, 2.75) is 0 Å². The molecule has 0 radical (unpaired) electrons. The number of carbonyl (C=O) groups is 1. The number of primary amides is 1. The number of nitrogens with two attached hydrogens (primary N) is 1. The van der Waals surface area contributed by atoms with E-state index in [0.29, 0.717) is 41.7 Å². The summed E-state index contributed by atoms with van der Waals surface area (Å²) in [5.41, 5.74) is 6.23. The van der Waals surface area contributed by atoms with Crippen molar-refractivity contribution in [2.24, 2.45) is 5.73 Å². The van der Waals surface area contributed by atoms with Crippen molar-refractivity contribution >= 4 is 40.6 Å². The van der Waals surface area contributed by atoms with Gasteiger partial charge in [-0.25, -0.2) is 9.78 Å². The minimum atomic E-state index is -0.969. The summed E-state index contributed by atoms with van der Waals surface area (Å²) in [6, 6.07) is 7.65. The van der Waals surface area contributed by atoms with E-state index < -0.39 is 11.0 Å². The number of likely N-dealkylation sites (N-methyl/N-ethyl adjacent to an activating group) is 1. The van der Waals surface area contributed by atoms with E-state index in [4.69, 9.17) is 24.7 Å². The second kappa shape index (κ2) is 12.2. The fraction of sp³-hybridized carbons (Fsp3) is 0.320. The Balaban J connectivity index is 1.67. The number of anilines is 5. The molecule has 0 spiro atoms. The highest BCUT2D eigenvalue weighted by Crippen LogP contribution is 2.40. The maximum Gasteiger partial charge on any atom is 0.409 e. The van der Waals surface area contributed by atoms with Crippen molar-refractivity contribution in [3.63, 3.8) is 0 Å². The summed E-state index contributed by atoms with van der Waals surface area (Å²) < 4.78 is 21.3.